The van der Waals surface area contributed by atoms with Gasteiger partial charge in [0.1, 0.15) is 12.1 Å². The summed E-state index contributed by atoms with van der Waals surface area (Å²) in [5, 5.41) is 0. The molecule has 2 unspecified atom stereocenters. The molecule has 2 amide bonds. The van der Waals surface area contributed by atoms with E-state index in [-0.39, 0.29) is 30.0 Å². The monoisotopic (exact) mass is 349 g/mol. The van der Waals surface area contributed by atoms with Crippen molar-refractivity contribution < 1.29 is 28.6 Å². The lowest BCUT2D eigenvalue weighted by atomic mass is 10.1. The number of hydrazine groups is 1. The molecule has 1 aromatic carbocycles. The number of nitrogens with zero attached hydrogens (tertiary/aromatic N) is 1. The number of carbonyl (C=O) groups is 3. The zero-order valence-electron chi connectivity index (χ0n) is 14.1. The second-order valence-corrected chi connectivity index (χ2v) is 5.53. The Labute approximate surface area is 144 Å². The van der Waals surface area contributed by atoms with Gasteiger partial charge in [-0.15, -0.1) is 0 Å². The second kappa shape index (κ2) is 6.69. The lowest BCUT2D eigenvalue weighted by molar-refractivity contribution is -0.148. The lowest BCUT2D eigenvalue weighted by Crippen LogP contribution is -2.51. The van der Waals surface area contributed by atoms with E-state index < -0.39 is 29.9 Å². The van der Waals surface area contributed by atoms with Crippen molar-refractivity contribution in [2.45, 2.75) is 13.1 Å². The van der Waals surface area contributed by atoms with Crippen LogP contribution in [-0.4, -0.2) is 56.2 Å². The largest absolute Gasteiger partial charge is 0.493 e. The van der Waals surface area contributed by atoms with Crippen molar-refractivity contribution in [2.75, 3.05) is 27.4 Å². The summed E-state index contributed by atoms with van der Waals surface area (Å²) < 4.78 is 15.5. The maximum atomic E-state index is 12.9. The standard InChI is InChI=1S/C16H19N3O6/c1-4-25-16(22)9-7-17-18-13(9)19-14(20)8-5-6-10(23-2)12(24-3)11(8)15(19)21/h5-6,9,13,17-18H,4,7H2,1-3H3. The van der Waals surface area contributed by atoms with E-state index in [1.807, 2.05) is 0 Å². The maximum absolute atomic E-state index is 12.9. The van der Waals surface area contributed by atoms with Gasteiger partial charge in [-0.05, 0) is 19.1 Å². The zero-order chi connectivity index (χ0) is 18.1. The van der Waals surface area contributed by atoms with Crippen molar-refractivity contribution in [3.8, 4) is 11.5 Å². The summed E-state index contributed by atoms with van der Waals surface area (Å²) >= 11 is 0. The quantitative estimate of drug-likeness (QED) is 0.561. The molecule has 9 nitrogen and oxygen atoms in total. The van der Waals surface area contributed by atoms with Gasteiger partial charge in [0.25, 0.3) is 11.8 Å². The summed E-state index contributed by atoms with van der Waals surface area (Å²) in [7, 11) is 2.85. The highest BCUT2D eigenvalue weighted by Crippen LogP contribution is 2.39. The van der Waals surface area contributed by atoms with Gasteiger partial charge >= 0.3 is 5.97 Å². The van der Waals surface area contributed by atoms with Gasteiger partial charge in [-0.1, -0.05) is 0 Å². The van der Waals surface area contributed by atoms with E-state index in [1.54, 1.807) is 13.0 Å². The summed E-state index contributed by atoms with van der Waals surface area (Å²) in [6.45, 7) is 2.16. The number of benzene rings is 1. The number of rotatable bonds is 5. The van der Waals surface area contributed by atoms with Crippen LogP contribution >= 0.6 is 0 Å². The van der Waals surface area contributed by atoms with E-state index in [4.69, 9.17) is 14.2 Å². The first kappa shape index (κ1) is 17.2. The van der Waals surface area contributed by atoms with Crippen LogP contribution in [0.1, 0.15) is 27.6 Å². The second-order valence-electron chi connectivity index (χ2n) is 5.53. The molecule has 2 atom stereocenters. The Morgan fingerprint density at radius 3 is 2.64 bits per heavy atom. The SMILES string of the molecule is CCOC(=O)C1CNNC1N1C(=O)c2ccc(OC)c(OC)c2C1=O. The molecule has 0 bridgehead atoms. The summed E-state index contributed by atoms with van der Waals surface area (Å²) in [5.41, 5.74) is 5.95. The van der Waals surface area contributed by atoms with Gasteiger partial charge in [-0.25, -0.2) is 5.43 Å². The molecule has 2 aliphatic heterocycles. The van der Waals surface area contributed by atoms with E-state index >= 15 is 0 Å². The highest BCUT2D eigenvalue weighted by atomic mass is 16.5. The first-order valence-corrected chi connectivity index (χ1v) is 7.83. The average Bonchev–Trinajstić information content (AvgIpc) is 3.18. The molecule has 1 saturated heterocycles. The molecular weight excluding hydrogens is 330 g/mol. The molecule has 2 heterocycles. The van der Waals surface area contributed by atoms with E-state index in [0.717, 1.165) is 4.90 Å². The van der Waals surface area contributed by atoms with Crippen LogP contribution in [0.4, 0.5) is 0 Å². The maximum Gasteiger partial charge on any atom is 0.313 e. The topological polar surface area (TPSA) is 106 Å². The number of amides is 2. The minimum absolute atomic E-state index is 0.128. The average molecular weight is 349 g/mol. The Hall–Kier alpha value is -2.65. The summed E-state index contributed by atoms with van der Waals surface area (Å²) in [5.74, 6) is -1.69. The number of ether oxygens (including phenoxy) is 3. The van der Waals surface area contributed by atoms with Crippen LogP contribution < -0.4 is 20.3 Å². The van der Waals surface area contributed by atoms with Crippen molar-refractivity contribution in [1.29, 1.82) is 0 Å². The van der Waals surface area contributed by atoms with Crippen LogP contribution in [0.5, 0.6) is 11.5 Å². The van der Waals surface area contributed by atoms with Crippen LogP contribution in [0.15, 0.2) is 12.1 Å². The third kappa shape index (κ3) is 2.61. The molecule has 134 valence electrons. The third-order valence-corrected chi connectivity index (χ3v) is 4.25. The molecule has 0 saturated carbocycles. The van der Waals surface area contributed by atoms with E-state index in [2.05, 4.69) is 10.9 Å². The molecule has 2 aliphatic rings. The summed E-state index contributed by atoms with van der Waals surface area (Å²) in [6, 6.07) is 3.08. The molecule has 0 radical (unpaired) electrons. The molecule has 0 spiro atoms. The molecule has 9 heteroatoms. The Bertz CT molecular complexity index is 735. The van der Waals surface area contributed by atoms with Gasteiger partial charge < -0.3 is 14.2 Å². The van der Waals surface area contributed by atoms with Crippen LogP contribution in [0.3, 0.4) is 0 Å². The first-order valence-electron chi connectivity index (χ1n) is 7.83. The highest BCUT2D eigenvalue weighted by molar-refractivity contribution is 6.23. The molecular formula is C16H19N3O6. The van der Waals surface area contributed by atoms with Gasteiger partial charge in [0.15, 0.2) is 11.5 Å². The fourth-order valence-corrected chi connectivity index (χ4v) is 3.10. The first-order chi connectivity index (χ1) is 12.0. The fourth-order valence-electron chi connectivity index (χ4n) is 3.10. The van der Waals surface area contributed by atoms with Gasteiger partial charge in [-0.3, -0.25) is 24.7 Å². The van der Waals surface area contributed by atoms with Crippen molar-refractivity contribution in [2.24, 2.45) is 5.92 Å². The zero-order valence-corrected chi connectivity index (χ0v) is 14.1. The Kier molecular flexibility index (Phi) is 4.60. The van der Waals surface area contributed by atoms with Crippen molar-refractivity contribution in [3.05, 3.63) is 23.3 Å². The van der Waals surface area contributed by atoms with E-state index in [9.17, 15) is 14.4 Å². The number of esters is 1. The van der Waals surface area contributed by atoms with Gasteiger partial charge in [0.2, 0.25) is 0 Å². The van der Waals surface area contributed by atoms with Crippen LogP contribution in [-0.2, 0) is 9.53 Å². The predicted octanol–water partition coefficient (Wildman–Crippen LogP) is -0.0870. The van der Waals surface area contributed by atoms with Crippen molar-refractivity contribution >= 4 is 17.8 Å². The number of hydrogen-bond donors (Lipinski definition) is 2. The Morgan fingerprint density at radius 1 is 1.24 bits per heavy atom. The number of imide groups is 1. The molecule has 3 rings (SSSR count). The smallest absolute Gasteiger partial charge is 0.313 e. The minimum Gasteiger partial charge on any atom is -0.493 e. The summed E-state index contributed by atoms with van der Waals surface area (Å²) in [4.78, 5) is 38.8. The third-order valence-electron chi connectivity index (χ3n) is 4.25. The van der Waals surface area contributed by atoms with E-state index in [0.29, 0.717) is 5.75 Å². The van der Waals surface area contributed by atoms with Crippen LogP contribution in [0.25, 0.3) is 0 Å². The molecule has 0 aromatic heterocycles. The molecule has 1 aromatic rings. The Morgan fingerprint density at radius 2 is 2.00 bits per heavy atom. The van der Waals surface area contributed by atoms with Crippen LogP contribution in [0, 0.1) is 5.92 Å². The fraction of sp³-hybridized carbons (Fsp3) is 0.438. The predicted molar refractivity (Wildman–Crippen MR) is 85.1 cm³/mol. The number of hydrogen-bond acceptors (Lipinski definition) is 8. The van der Waals surface area contributed by atoms with Crippen molar-refractivity contribution in [1.82, 2.24) is 15.8 Å². The molecule has 0 aliphatic carbocycles. The minimum atomic E-state index is -0.845. The van der Waals surface area contributed by atoms with E-state index in [1.165, 1.54) is 20.3 Å². The number of fused-ring (bicyclic) bond motifs is 1. The number of methoxy groups -OCH3 is 2. The van der Waals surface area contributed by atoms with Gasteiger partial charge in [-0.2, -0.15) is 0 Å². The van der Waals surface area contributed by atoms with Gasteiger partial charge in [0, 0.05) is 6.54 Å². The highest BCUT2D eigenvalue weighted by Gasteiger charge is 2.49. The normalized spacial score (nSPS) is 22.1. The molecule has 1 fully saturated rings. The Balaban J connectivity index is 1.98. The van der Waals surface area contributed by atoms with Gasteiger partial charge in [0.05, 0.1) is 32.0 Å². The van der Waals surface area contributed by atoms with Crippen LogP contribution in [0.2, 0.25) is 0 Å². The molecule has 25 heavy (non-hydrogen) atoms. The van der Waals surface area contributed by atoms with Crippen molar-refractivity contribution in [3.63, 3.8) is 0 Å². The number of carbonyl (C=O) groups excluding carboxylic acids is 3. The summed E-state index contributed by atoms with van der Waals surface area (Å²) in [6.07, 6.45) is -0.845. The molecule has 2 N–H and O–H groups in total. The lowest BCUT2D eigenvalue weighted by Gasteiger charge is -2.25. The number of nitrogens with one attached hydrogen (secondary N) is 2.